The van der Waals surface area contributed by atoms with Crippen LogP contribution >= 0.6 is 23.5 Å². The highest BCUT2D eigenvalue weighted by molar-refractivity contribution is 8.42. The van der Waals surface area contributed by atoms with E-state index in [1.54, 1.807) is 0 Å². The normalized spacial score (nSPS) is 25.5. The van der Waals surface area contributed by atoms with Crippen molar-refractivity contribution < 1.29 is 14.0 Å². The molecule has 102 valence electrons. The Bertz CT molecular complexity index is 516. The summed E-state index contributed by atoms with van der Waals surface area (Å²) in [7, 11) is 0. The van der Waals surface area contributed by atoms with Gasteiger partial charge in [-0.05, 0) is 19.1 Å². The number of aliphatic imine (C=N–C) groups is 1. The summed E-state index contributed by atoms with van der Waals surface area (Å²) in [6.45, 7) is 1.89. The van der Waals surface area contributed by atoms with Gasteiger partial charge in [-0.15, -0.1) is 5.16 Å². The second kappa shape index (κ2) is 5.92. The second-order valence-electron chi connectivity index (χ2n) is 4.23. The summed E-state index contributed by atoms with van der Waals surface area (Å²) in [5.41, 5.74) is -0.0272. The molecule has 1 heterocycles. The van der Waals surface area contributed by atoms with Crippen LogP contribution in [0.5, 0.6) is 0 Å². The summed E-state index contributed by atoms with van der Waals surface area (Å²) in [4.78, 5) is 4.21. The molecule has 0 saturated carbocycles. The van der Waals surface area contributed by atoms with Crippen LogP contribution in [0.2, 0.25) is 0 Å². The van der Waals surface area contributed by atoms with E-state index in [0.717, 1.165) is 4.38 Å². The van der Waals surface area contributed by atoms with Crippen LogP contribution in [0.3, 0.4) is 0 Å². The van der Waals surface area contributed by atoms with Crippen LogP contribution in [0, 0.1) is 11.6 Å². The number of benzene rings is 1. The molecule has 0 aromatic heterocycles. The van der Waals surface area contributed by atoms with Gasteiger partial charge in [0.1, 0.15) is 16.0 Å². The van der Waals surface area contributed by atoms with E-state index in [1.807, 2.05) is 6.92 Å². The van der Waals surface area contributed by atoms with Crippen molar-refractivity contribution in [3.05, 3.63) is 35.4 Å². The maximum absolute atomic E-state index is 13.4. The van der Waals surface area contributed by atoms with Gasteiger partial charge in [-0.1, -0.05) is 29.6 Å². The van der Waals surface area contributed by atoms with Gasteiger partial charge < -0.3 is 5.21 Å². The van der Waals surface area contributed by atoms with Crippen LogP contribution in [0.25, 0.3) is 0 Å². The fraction of sp³-hybridized carbons (Fsp3) is 0.333. The molecule has 7 heteroatoms. The molecule has 1 aliphatic heterocycles. The third-order valence-corrected chi connectivity index (χ3v) is 5.49. The lowest BCUT2D eigenvalue weighted by Crippen LogP contribution is -2.21. The summed E-state index contributed by atoms with van der Waals surface area (Å²) in [5, 5.41) is 11.6. The monoisotopic (exact) mass is 302 g/mol. The molecule has 1 saturated heterocycles. The summed E-state index contributed by atoms with van der Waals surface area (Å²) < 4.78 is 27.3. The largest absolute Gasteiger partial charge is 0.411 e. The molecule has 2 rings (SSSR count). The highest BCUT2D eigenvalue weighted by Gasteiger charge is 2.33. The van der Waals surface area contributed by atoms with Crippen molar-refractivity contribution in [2.45, 2.75) is 18.2 Å². The Morgan fingerprint density at radius 1 is 1.42 bits per heavy atom. The Hall–Kier alpha value is -1.08. The van der Waals surface area contributed by atoms with Gasteiger partial charge in [0.05, 0.1) is 17.5 Å². The molecular weight excluding hydrogens is 290 g/mol. The standard InChI is InChI=1S/C12H12F2N2OS2/c1-12(6-16-17)7-18-11(19-12)15-5-8-9(13)3-2-4-10(8)14/h2-4,6,17H,5,7H2,1H3. The molecule has 1 unspecified atom stereocenters. The first kappa shape index (κ1) is 14.3. The van der Waals surface area contributed by atoms with Gasteiger partial charge in [-0.3, -0.25) is 4.99 Å². The summed E-state index contributed by atoms with van der Waals surface area (Å²) in [6.07, 6.45) is 1.44. The topological polar surface area (TPSA) is 45.0 Å². The molecule has 1 aliphatic rings. The van der Waals surface area contributed by atoms with Crippen molar-refractivity contribution in [2.75, 3.05) is 5.75 Å². The maximum Gasteiger partial charge on any atom is 0.131 e. The molecule has 0 radical (unpaired) electrons. The van der Waals surface area contributed by atoms with Gasteiger partial charge in [0, 0.05) is 11.3 Å². The van der Waals surface area contributed by atoms with Crippen LogP contribution in [0.1, 0.15) is 12.5 Å². The van der Waals surface area contributed by atoms with Crippen LogP contribution in [-0.4, -0.2) is 26.3 Å². The van der Waals surface area contributed by atoms with Crippen LogP contribution in [-0.2, 0) is 6.54 Å². The molecule has 1 aromatic rings. The Balaban J connectivity index is 2.09. The molecule has 1 aromatic carbocycles. The lowest BCUT2D eigenvalue weighted by Gasteiger charge is -2.12. The van der Waals surface area contributed by atoms with Crippen molar-refractivity contribution in [3.63, 3.8) is 0 Å². The number of halogens is 2. The van der Waals surface area contributed by atoms with Crippen molar-refractivity contribution in [1.82, 2.24) is 0 Å². The Kier molecular flexibility index (Phi) is 4.46. The van der Waals surface area contributed by atoms with Crippen LogP contribution in [0.4, 0.5) is 8.78 Å². The average Bonchev–Trinajstić information content (AvgIpc) is 2.71. The van der Waals surface area contributed by atoms with Crippen molar-refractivity contribution in [1.29, 1.82) is 0 Å². The highest BCUT2D eigenvalue weighted by Crippen LogP contribution is 2.40. The quantitative estimate of drug-likeness (QED) is 0.528. The van der Waals surface area contributed by atoms with E-state index in [-0.39, 0.29) is 16.9 Å². The zero-order valence-corrected chi connectivity index (χ0v) is 11.8. The molecule has 1 fully saturated rings. The van der Waals surface area contributed by atoms with Crippen molar-refractivity contribution >= 4 is 34.1 Å². The van der Waals surface area contributed by atoms with E-state index in [9.17, 15) is 8.78 Å². The molecule has 1 N–H and O–H groups in total. The van der Waals surface area contributed by atoms with Crippen LogP contribution in [0.15, 0.2) is 28.3 Å². The summed E-state index contributed by atoms with van der Waals surface area (Å²) in [6, 6.07) is 3.77. The Morgan fingerprint density at radius 3 is 2.74 bits per heavy atom. The minimum Gasteiger partial charge on any atom is -0.411 e. The van der Waals surface area contributed by atoms with Gasteiger partial charge in [0.2, 0.25) is 0 Å². The third-order valence-electron chi connectivity index (χ3n) is 2.56. The van der Waals surface area contributed by atoms with Gasteiger partial charge in [0.15, 0.2) is 0 Å². The summed E-state index contributed by atoms with van der Waals surface area (Å²) >= 11 is 2.91. The zero-order chi connectivity index (χ0) is 13.9. The highest BCUT2D eigenvalue weighted by atomic mass is 32.2. The first-order valence-electron chi connectivity index (χ1n) is 5.52. The van der Waals surface area contributed by atoms with Gasteiger partial charge in [0.25, 0.3) is 0 Å². The first-order valence-corrected chi connectivity index (χ1v) is 7.32. The SMILES string of the molecule is CC1(C=NO)CSC(=NCc2c(F)cccc2F)S1. The number of hydrogen-bond donors (Lipinski definition) is 1. The van der Waals surface area contributed by atoms with Crippen molar-refractivity contribution in [2.24, 2.45) is 10.1 Å². The zero-order valence-electron chi connectivity index (χ0n) is 10.1. The molecule has 0 aliphatic carbocycles. The number of rotatable bonds is 3. The smallest absolute Gasteiger partial charge is 0.131 e. The number of oxime groups is 1. The molecule has 19 heavy (non-hydrogen) atoms. The third kappa shape index (κ3) is 3.48. The molecule has 0 amide bonds. The van der Waals surface area contributed by atoms with Gasteiger partial charge >= 0.3 is 0 Å². The number of hydrogen-bond acceptors (Lipinski definition) is 5. The second-order valence-corrected chi connectivity index (χ2v) is 6.98. The minimum absolute atomic E-state index is 0.0272. The minimum atomic E-state index is -0.586. The van der Waals surface area contributed by atoms with E-state index in [1.165, 1.54) is 47.9 Å². The molecule has 3 nitrogen and oxygen atoms in total. The Labute approximate surface area is 118 Å². The lowest BCUT2D eigenvalue weighted by atomic mass is 10.2. The summed E-state index contributed by atoms with van der Waals surface area (Å²) in [5.74, 6) is -0.464. The first-order chi connectivity index (χ1) is 9.04. The number of nitrogens with zero attached hydrogens (tertiary/aromatic N) is 2. The maximum atomic E-state index is 13.4. The van der Waals surface area contributed by atoms with E-state index >= 15 is 0 Å². The Morgan fingerprint density at radius 2 is 2.11 bits per heavy atom. The van der Waals surface area contributed by atoms with Crippen LogP contribution < -0.4 is 0 Å². The van der Waals surface area contributed by atoms with Crippen molar-refractivity contribution in [3.8, 4) is 0 Å². The fourth-order valence-electron chi connectivity index (χ4n) is 1.55. The lowest BCUT2D eigenvalue weighted by molar-refractivity contribution is 0.320. The van der Waals surface area contributed by atoms with E-state index in [2.05, 4.69) is 10.1 Å². The molecular formula is C12H12F2N2OS2. The average molecular weight is 302 g/mol. The van der Waals surface area contributed by atoms with E-state index < -0.39 is 11.6 Å². The van der Waals surface area contributed by atoms with E-state index in [0.29, 0.717) is 5.75 Å². The molecule has 1 atom stereocenters. The number of thioether (sulfide) groups is 2. The predicted molar refractivity (Wildman–Crippen MR) is 76.2 cm³/mol. The molecule has 0 bridgehead atoms. The molecule has 0 spiro atoms. The predicted octanol–water partition coefficient (Wildman–Crippen LogP) is 3.52. The fourth-order valence-corrected chi connectivity index (χ4v) is 4.22. The van der Waals surface area contributed by atoms with Gasteiger partial charge in [-0.25, -0.2) is 8.78 Å². The van der Waals surface area contributed by atoms with E-state index in [4.69, 9.17) is 5.21 Å². The van der Waals surface area contributed by atoms with Gasteiger partial charge in [-0.2, -0.15) is 0 Å².